The highest BCUT2D eigenvalue weighted by molar-refractivity contribution is 7.20. The number of hydrogen-bond acceptors (Lipinski definition) is 3. The summed E-state index contributed by atoms with van der Waals surface area (Å²) in [6.07, 6.45) is 0. The zero-order chi connectivity index (χ0) is 19.7. The standard InChI is InChI=1S/C21H17F2N3OS/c1-13-18-10-19(20(27)24-11-15-3-2-4-17(23)9-15)28-21(18)26(25-13)12-14-5-7-16(22)8-6-14/h2-10H,11-12H2,1H3,(H,24,27). The number of aryl methyl sites for hydroxylation is 1. The van der Waals surface area contributed by atoms with E-state index in [2.05, 4.69) is 10.4 Å². The van der Waals surface area contributed by atoms with Crippen molar-refractivity contribution in [2.45, 2.75) is 20.0 Å². The van der Waals surface area contributed by atoms with Gasteiger partial charge in [-0.15, -0.1) is 11.3 Å². The summed E-state index contributed by atoms with van der Waals surface area (Å²) in [5.74, 6) is -0.817. The van der Waals surface area contributed by atoms with E-state index in [1.807, 2.05) is 17.7 Å². The summed E-state index contributed by atoms with van der Waals surface area (Å²) in [5.41, 5.74) is 2.46. The largest absolute Gasteiger partial charge is 0.347 e. The van der Waals surface area contributed by atoms with Crippen LogP contribution in [0, 0.1) is 18.6 Å². The van der Waals surface area contributed by atoms with Gasteiger partial charge in [0.25, 0.3) is 5.91 Å². The molecule has 7 heteroatoms. The molecule has 0 spiro atoms. The summed E-state index contributed by atoms with van der Waals surface area (Å²) in [5, 5.41) is 8.27. The minimum Gasteiger partial charge on any atom is -0.347 e. The van der Waals surface area contributed by atoms with Crippen molar-refractivity contribution in [3.05, 3.63) is 87.9 Å². The van der Waals surface area contributed by atoms with Gasteiger partial charge < -0.3 is 5.32 Å². The maximum atomic E-state index is 13.3. The third-order valence-corrected chi connectivity index (χ3v) is 5.57. The van der Waals surface area contributed by atoms with Crippen LogP contribution < -0.4 is 5.32 Å². The van der Waals surface area contributed by atoms with E-state index < -0.39 is 0 Å². The molecule has 0 radical (unpaired) electrons. The zero-order valence-electron chi connectivity index (χ0n) is 15.1. The second-order valence-corrected chi connectivity index (χ2v) is 7.54. The van der Waals surface area contributed by atoms with Crippen molar-refractivity contribution in [3.8, 4) is 0 Å². The van der Waals surface area contributed by atoms with Gasteiger partial charge in [-0.3, -0.25) is 9.48 Å². The molecule has 4 aromatic rings. The Morgan fingerprint density at radius 1 is 1.07 bits per heavy atom. The fraction of sp³-hybridized carbons (Fsp3) is 0.143. The molecule has 0 unspecified atom stereocenters. The first-order valence-electron chi connectivity index (χ1n) is 8.73. The molecule has 0 saturated heterocycles. The van der Waals surface area contributed by atoms with Crippen LogP contribution in [-0.4, -0.2) is 15.7 Å². The van der Waals surface area contributed by atoms with E-state index >= 15 is 0 Å². The van der Waals surface area contributed by atoms with Crippen LogP contribution in [0.25, 0.3) is 10.2 Å². The van der Waals surface area contributed by atoms with Crippen LogP contribution in [0.5, 0.6) is 0 Å². The number of carbonyl (C=O) groups is 1. The Hall–Kier alpha value is -3.06. The van der Waals surface area contributed by atoms with E-state index in [0.29, 0.717) is 17.0 Å². The van der Waals surface area contributed by atoms with Crippen molar-refractivity contribution in [2.75, 3.05) is 0 Å². The highest BCUT2D eigenvalue weighted by Gasteiger charge is 2.16. The third kappa shape index (κ3) is 3.80. The molecule has 0 bridgehead atoms. The predicted molar refractivity (Wildman–Crippen MR) is 105 cm³/mol. The number of carbonyl (C=O) groups excluding carboxylic acids is 1. The number of benzene rings is 2. The molecule has 2 aromatic heterocycles. The number of aromatic nitrogens is 2. The van der Waals surface area contributed by atoms with Gasteiger partial charge in [-0.25, -0.2) is 8.78 Å². The van der Waals surface area contributed by atoms with E-state index in [1.165, 1.54) is 35.6 Å². The summed E-state index contributed by atoms with van der Waals surface area (Å²) in [7, 11) is 0. The van der Waals surface area contributed by atoms with Crippen molar-refractivity contribution < 1.29 is 13.6 Å². The summed E-state index contributed by atoms with van der Waals surface area (Å²) in [6, 6.07) is 14.2. The van der Waals surface area contributed by atoms with Gasteiger partial charge in [0, 0.05) is 11.9 Å². The Morgan fingerprint density at radius 3 is 2.61 bits per heavy atom. The van der Waals surface area contributed by atoms with Crippen molar-refractivity contribution in [2.24, 2.45) is 0 Å². The number of fused-ring (bicyclic) bond motifs is 1. The molecule has 1 amide bonds. The minimum atomic E-state index is -0.329. The molecule has 0 fully saturated rings. The second kappa shape index (κ2) is 7.52. The smallest absolute Gasteiger partial charge is 0.261 e. The number of nitrogens with zero attached hydrogens (tertiary/aromatic N) is 2. The lowest BCUT2D eigenvalue weighted by atomic mass is 10.2. The van der Waals surface area contributed by atoms with Gasteiger partial charge in [0.1, 0.15) is 16.5 Å². The van der Waals surface area contributed by atoms with E-state index in [0.717, 1.165) is 21.5 Å². The zero-order valence-corrected chi connectivity index (χ0v) is 15.9. The molecule has 2 heterocycles. The highest BCUT2D eigenvalue weighted by atomic mass is 32.1. The highest BCUT2D eigenvalue weighted by Crippen LogP contribution is 2.29. The van der Waals surface area contributed by atoms with Crippen molar-refractivity contribution >= 4 is 27.5 Å². The molecule has 142 valence electrons. The van der Waals surface area contributed by atoms with E-state index in [4.69, 9.17) is 0 Å². The molecule has 0 aliphatic carbocycles. The molecule has 28 heavy (non-hydrogen) atoms. The quantitative estimate of drug-likeness (QED) is 0.532. The topological polar surface area (TPSA) is 46.9 Å². The normalized spacial score (nSPS) is 11.1. The fourth-order valence-electron chi connectivity index (χ4n) is 3.01. The number of hydrogen-bond donors (Lipinski definition) is 1. The first-order chi connectivity index (χ1) is 13.5. The maximum absolute atomic E-state index is 13.3. The van der Waals surface area contributed by atoms with Crippen molar-refractivity contribution in [1.82, 2.24) is 15.1 Å². The Labute approximate surface area is 164 Å². The molecule has 2 aromatic carbocycles. The van der Waals surface area contributed by atoms with Crippen molar-refractivity contribution in [1.29, 1.82) is 0 Å². The average Bonchev–Trinajstić information content (AvgIpc) is 3.23. The lowest BCUT2D eigenvalue weighted by molar-refractivity contribution is 0.0955. The summed E-state index contributed by atoms with van der Waals surface area (Å²) in [4.78, 5) is 14.0. The van der Waals surface area contributed by atoms with Gasteiger partial charge in [0.05, 0.1) is 17.1 Å². The summed E-state index contributed by atoms with van der Waals surface area (Å²) < 4.78 is 28.2. The van der Waals surface area contributed by atoms with Gasteiger partial charge in [-0.2, -0.15) is 5.10 Å². The Bertz CT molecular complexity index is 1150. The lowest BCUT2D eigenvalue weighted by Crippen LogP contribution is -2.21. The van der Waals surface area contributed by atoms with Crippen LogP contribution in [0.3, 0.4) is 0 Å². The van der Waals surface area contributed by atoms with E-state index in [-0.39, 0.29) is 24.1 Å². The van der Waals surface area contributed by atoms with Crippen LogP contribution in [-0.2, 0) is 13.1 Å². The Kier molecular flexibility index (Phi) is 4.92. The number of amides is 1. The molecular formula is C21H17F2N3OS. The maximum Gasteiger partial charge on any atom is 0.261 e. The van der Waals surface area contributed by atoms with Gasteiger partial charge in [-0.1, -0.05) is 24.3 Å². The average molecular weight is 397 g/mol. The molecule has 4 nitrogen and oxygen atoms in total. The number of nitrogens with one attached hydrogen (secondary N) is 1. The summed E-state index contributed by atoms with van der Waals surface area (Å²) in [6.45, 7) is 2.64. The Balaban J connectivity index is 1.53. The molecule has 0 atom stereocenters. The summed E-state index contributed by atoms with van der Waals surface area (Å²) >= 11 is 1.35. The van der Waals surface area contributed by atoms with Crippen LogP contribution >= 0.6 is 11.3 Å². The van der Waals surface area contributed by atoms with Gasteiger partial charge >= 0.3 is 0 Å². The molecule has 0 aliphatic heterocycles. The first-order valence-corrected chi connectivity index (χ1v) is 9.55. The molecule has 0 saturated carbocycles. The van der Waals surface area contributed by atoms with Crippen LogP contribution in [0.2, 0.25) is 0 Å². The van der Waals surface area contributed by atoms with Gasteiger partial charge in [-0.05, 0) is 48.4 Å². The monoisotopic (exact) mass is 397 g/mol. The van der Waals surface area contributed by atoms with Crippen LogP contribution in [0.15, 0.2) is 54.6 Å². The first kappa shape index (κ1) is 18.3. The molecule has 0 aliphatic rings. The van der Waals surface area contributed by atoms with Crippen LogP contribution in [0.4, 0.5) is 8.78 Å². The second-order valence-electron chi connectivity index (χ2n) is 6.51. The number of rotatable bonds is 5. The molecule has 4 rings (SSSR count). The Morgan fingerprint density at radius 2 is 1.86 bits per heavy atom. The number of thiophene rings is 1. The lowest BCUT2D eigenvalue weighted by Gasteiger charge is -2.04. The van der Waals surface area contributed by atoms with Crippen molar-refractivity contribution in [3.63, 3.8) is 0 Å². The SMILES string of the molecule is Cc1nn(Cc2ccc(F)cc2)c2sc(C(=O)NCc3cccc(F)c3)cc12. The molecular weight excluding hydrogens is 380 g/mol. The van der Waals surface area contributed by atoms with Gasteiger partial charge in [0.15, 0.2) is 0 Å². The third-order valence-electron chi connectivity index (χ3n) is 4.42. The fourth-order valence-corrected chi connectivity index (χ4v) is 4.09. The minimum absolute atomic E-state index is 0.210. The molecule has 1 N–H and O–H groups in total. The van der Waals surface area contributed by atoms with Gasteiger partial charge in [0.2, 0.25) is 0 Å². The van der Waals surface area contributed by atoms with E-state index in [9.17, 15) is 13.6 Å². The van der Waals surface area contributed by atoms with E-state index in [1.54, 1.807) is 24.3 Å². The van der Waals surface area contributed by atoms with Crippen LogP contribution in [0.1, 0.15) is 26.5 Å². The predicted octanol–water partition coefficient (Wildman–Crippen LogP) is 4.66. The number of halogens is 2.